The zero-order valence-corrected chi connectivity index (χ0v) is 11.1. The smallest absolute Gasteiger partial charge is 0.159 e. The maximum absolute atomic E-state index is 9.76. The molecule has 108 valence electrons. The number of aromatic hydroxyl groups is 4. The lowest BCUT2D eigenvalue weighted by Gasteiger charge is -2.09. The van der Waals surface area contributed by atoms with Crippen LogP contribution in [0.2, 0.25) is 0 Å². The van der Waals surface area contributed by atoms with Gasteiger partial charge in [-0.2, -0.15) is 0 Å². The fourth-order valence-electron chi connectivity index (χ4n) is 2.64. The Bertz CT molecular complexity index is 994. The van der Waals surface area contributed by atoms with Crippen LogP contribution in [0.4, 0.5) is 0 Å². The summed E-state index contributed by atoms with van der Waals surface area (Å²) in [5.74, 6) is -1.01. The van der Waals surface area contributed by atoms with Gasteiger partial charge in [0.25, 0.3) is 0 Å². The molecule has 0 aliphatic heterocycles. The predicted octanol–water partition coefficient (Wildman–Crippen LogP) is 2.76. The molecule has 4 rings (SSSR count). The summed E-state index contributed by atoms with van der Waals surface area (Å²) >= 11 is 0. The van der Waals surface area contributed by atoms with Crippen molar-refractivity contribution in [2.75, 3.05) is 0 Å². The second-order valence-corrected chi connectivity index (χ2v) is 5.06. The Kier molecular flexibility index (Phi) is 2.33. The molecule has 0 saturated heterocycles. The van der Waals surface area contributed by atoms with Gasteiger partial charge in [0.2, 0.25) is 0 Å². The van der Waals surface area contributed by atoms with E-state index in [9.17, 15) is 20.4 Å². The van der Waals surface area contributed by atoms with Crippen LogP contribution >= 0.6 is 0 Å². The van der Waals surface area contributed by atoms with E-state index < -0.39 is 0 Å². The zero-order chi connectivity index (χ0) is 15.4. The van der Waals surface area contributed by atoms with Gasteiger partial charge in [0.1, 0.15) is 0 Å². The van der Waals surface area contributed by atoms with Crippen molar-refractivity contribution in [3.8, 4) is 23.0 Å². The number of hydrogen-bond acceptors (Lipinski definition) is 6. The number of fused-ring (bicyclic) bond motifs is 5. The van der Waals surface area contributed by atoms with Crippen molar-refractivity contribution in [3.63, 3.8) is 0 Å². The first kappa shape index (κ1) is 12.5. The summed E-state index contributed by atoms with van der Waals surface area (Å²) in [5, 5.41) is 41.4. The molecule has 0 bridgehead atoms. The van der Waals surface area contributed by atoms with Gasteiger partial charge in [-0.05, 0) is 12.1 Å². The minimum atomic E-state index is -0.255. The molecule has 2 aromatic carbocycles. The summed E-state index contributed by atoms with van der Waals surface area (Å²) in [5.41, 5.74) is 1.01. The molecule has 2 heterocycles. The van der Waals surface area contributed by atoms with Gasteiger partial charge in [0.15, 0.2) is 23.0 Å². The maximum Gasteiger partial charge on any atom is 0.159 e. The predicted molar refractivity (Wildman–Crippen MR) is 81.2 cm³/mol. The number of nitrogens with zero attached hydrogens (tertiary/aromatic N) is 2. The molecule has 0 atom stereocenters. The highest BCUT2D eigenvalue weighted by Crippen LogP contribution is 2.38. The van der Waals surface area contributed by atoms with Crippen LogP contribution in [0.3, 0.4) is 0 Å². The topological polar surface area (TPSA) is 107 Å². The van der Waals surface area contributed by atoms with Gasteiger partial charge >= 0.3 is 0 Å². The van der Waals surface area contributed by atoms with Crippen LogP contribution in [0.1, 0.15) is 0 Å². The lowest BCUT2D eigenvalue weighted by Crippen LogP contribution is -1.87. The Labute approximate surface area is 123 Å². The van der Waals surface area contributed by atoms with Gasteiger partial charge in [-0.3, -0.25) is 9.97 Å². The van der Waals surface area contributed by atoms with Crippen LogP contribution in [0.15, 0.2) is 36.7 Å². The highest BCUT2D eigenvalue weighted by Gasteiger charge is 2.12. The van der Waals surface area contributed by atoms with Crippen molar-refractivity contribution in [1.82, 2.24) is 9.97 Å². The second-order valence-electron chi connectivity index (χ2n) is 5.06. The van der Waals surface area contributed by atoms with Crippen LogP contribution in [0.25, 0.3) is 32.6 Å². The first-order valence-electron chi connectivity index (χ1n) is 6.49. The van der Waals surface area contributed by atoms with E-state index in [2.05, 4.69) is 9.97 Å². The fourth-order valence-corrected chi connectivity index (χ4v) is 2.64. The normalized spacial score (nSPS) is 11.5. The molecule has 6 nitrogen and oxygen atoms in total. The zero-order valence-electron chi connectivity index (χ0n) is 11.1. The largest absolute Gasteiger partial charge is 0.504 e. The summed E-state index contributed by atoms with van der Waals surface area (Å²) in [4.78, 5) is 8.47. The van der Waals surface area contributed by atoms with E-state index in [0.29, 0.717) is 21.8 Å². The highest BCUT2D eigenvalue weighted by atomic mass is 16.3. The molecule has 0 spiro atoms. The fraction of sp³-hybridized carbons (Fsp3) is 0. The quantitative estimate of drug-likeness (QED) is 0.293. The van der Waals surface area contributed by atoms with Gasteiger partial charge in [-0.15, -0.1) is 0 Å². The number of pyridine rings is 2. The Balaban J connectivity index is 2.30. The third-order valence-electron chi connectivity index (χ3n) is 3.70. The minimum absolute atomic E-state index is 0.252. The first-order valence-corrected chi connectivity index (χ1v) is 6.49. The standard InChI is InChI=1S/C16H10N2O4/c19-12-1-8-10(3-14(12)21)17-5-7-6-18-11-4-15(22)13(20)2-9(11)16(7)8/h1-6,19-22H. The molecule has 0 radical (unpaired) electrons. The van der Waals surface area contributed by atoms with Crippen molar-refractivity contribution >= 4 is 32.6 Å². The van der Waals surface area contributed by atoms with Crippen molar-refractivity contribution in [2.45, 2.75) is 0 Å². The van der Waals surface area contributed by atoms with Crippen LogP contribution in [0.5, 0.6) is 23.0 Å². The summed E-state index contributed by atoms with van der Waals surface area (Å²) in [6.07, 6.45) is 3.20. The Morgan fingerprint density at radius 2 is 1.00 bits per heavy atom. The number of benzene rings is 2. The van der Waals surface area contributed by atoms with E-state index in [1.807, 2.05) is 0 Å². The van der Waals surface area contributed by atoms with E-state index in [4.69, 9.17) is 0 Å². The van der Waals surface area contributed by atoms with Gasteiger partial charge in [-0.25, -0.2) is 0 Å². The van der Waals surface area contributed by atoms with Crippen LogP contribution in [0, 0.1) is 0 Å². The summed E-state index contributed by atoms with van der Waals surface area (Å²) in [7, 11) is 0. The van der Waals surface area contributed by atoms with Gasteiger partial charge in [0, 0.05) is 46.1 Å². The number of phenols is 4. The number of phenolic OH excluding ortho intramolecular Hbond substituents is 4. The average Bonchev–Trinajstić information content (AvgIpc) is 2.49. The van der Waals surface area contributed by atoms with Gasteiger partial charge in [-0.1, -0.05) is 0 Å². The number of aromatic nitrogens is 2. The summed E-state index contributed by atoms with van der Waals surface area (Å²) < 4.78 is 0. The molecule has 6 heteroatoms. The molecule has 0 unspecified atom stereocenters. The molecule has 0 amide bonds. The molecule has 0 aliphatic rings. The van der Waals surface area contributed by atoms with E-state index in [0.717, 1.165) is 10.8 Å². The van der Waals surface area contributed by atoms with Gasteiger partial charge in [0.05, 0.1) is 11.0 Å². The minimum Gasteiger partial charge on any atom is -0.504 e. The molecule has 22 heavy (non-hydrogen) atoms. The van der Waals surface area contributed by atoms with Crippen molar-refractivity contribution in [2.24, 2.45) is 0 Å². The molecule has 4 aromatic rings. The van der Waals surface area contributed by atoms with Crippen molar-refractivity contribution in [3.05, 3.63) is 36.7 Å². The average molecular weight is 294 g/mol. The lowest BCUT2D eigenvalue weighted by molar-refractivity contribution is 0.404. The Morgan fingerprint density at radius 1 is 0.591 bits per heavy atom. The van der Waals surface area contributed by atoms with E-state index in [-0.39, 0.29) is 23.0 Å². The van der Waals surface area contributed by atoms with Crippen molar-refractivity contribution in [1.29, 1.82) is 0 Å². The molecule has 4 N–H and O–H groups in total. The summed E-state index contributed by atoms with van der Waals surface area (Å²) in [6.45, 7) is 0. The van der Waals surface area contributed by atoms with Gasteiger partial charge < -0.3 is 20.4 Å². The van der Waals surface area contributed by atoms with Crippen LogP contribution in [-0.4, -0.2) is 30.4 Å². The van der Waals surface area contributed by atoms with Crippen LogP contribution < -0.4 is 0 Å². The third-order valence-corrected chi connectivity index (χ3v) is 3.70. The first-order chi connectivity index (χ1) is 10.5. The lowest BCUT2D eigenvalue weighted by atomic mass is 10.0. The molecular weight excluding hydrogens is 284 g/mol. The molecule has 2 aromatic heterocycles. The van der Waals surface area contributed by atoms with E-state index in [1.54, 1.807) is 12.4 Å². The molecule has 0 fully saturated rings. The maximum atomic E-state index is 9.76. The number of hydrogen-bond donors (Lipinski definition) is 4. The monoisotopic (exact) mass is 294 g/mol. The Hall–Kier alpha value is -3.28. The molecule has 0 aliphatic carbocycles. The molecular formula is C16H10N2O4. The van der Waals surface area contributed by atoms with Crippen LogP contribution in [-0.2, 0) is 0 Å². The second kappa shape index (κ2) is 4.11. The van der Waals surface area contributed by atoms with E-state index in [1.165, 1.54) is 24.3 Å². The SMILES string of the molecule is Oc1cc2ncc3cnc4cc(O)c(O)cc4c3c2cc1O. The van der Waals surface area contributed by atoms with Crippen molar-refractivity contribution < 1.29 is 20.4 Å². The van der Waals surface area contributed by atoms with E-state index >= 15 is 0 Å². The summed E-state index contributed by atoms with van der Waals surface area (Å²) in [6, 6.07) is 5.58. The molecule has 0 saturated carbocycles. The highest BCUT2D eigenvalue weighted by molar-refractivity contribution is 6.18. The third kappa shape index (κ3) is 1.61. The Morgan fingerprint density at radius 3 is 1.45 bits per heavy atom. The number of rotatable bonds is 0.